The van der Waals surface area contributed by atoms with Gasteiger partial charge in [0.1, 0.15) is 5.60 Å². The van der Waals surface area contributed by atoms with Crippen LogP contribution in [-0.2, 0) is 23.9 Å². The molecule has 3 amide bonds. The van der Waals surface area contributed by atoms with Gasteiger partial charge in [-0.05, 0) is 27.7 Å². The van der Waals surface area contributed by atoms with E-state index in [-0.39, 0.29) is 6.61 Å². The van der Waals surface area contributed by atoms with Crippen molar-refractivity contribution in [3.8, 4) is 0 Å². The molecule has 0 aromatic heterocycles. The maximum atomic E-state index is 11.9. The largest absolute Gasteiger partial charge is 0.464 e. The number of amides is 3. The summed E-state index contributed by atoms with van der Waals surface area (Å²) in [5, 5.41) is 4.11. The van der Waals surface area contributed by atoms with E-state index in [1.807, 2.05) is 5.32 Å². The fourth-order valence-corrected chi connectivity index (χ4v) is 1.65. The first-order chi connectivity index (χ1) is 9.10. The maximum absolute atomic E-state index is 11.9. The number of hydrogen-bond acceptors (Lipinski definition) is 6. The lowest BCUT2D eigenvalue weighted by Crippen LogP contribution is -2.60. The summed E-state index contributed by atoms with van der Waals surface area (Å²) < 4.78 is 9.74. The lowest BCUT2D eigenvalue weighted by molar-refractivity contribution is -0.154. The van der Waals surface area contributed by atoms with Crippen LogP contribution in [0, 0.1) is 0 Å². The third kappa shape index (κ3) is 3.46. The van der Waals surface area contributed by atoms with Crippen molar-refractivity contribution < 1.29 is 28.7 Å². The normalized spacial score (nSPS) is 22.2. The standard InChI is InChI=1S/C12H18N2O6/c1-5-19-9(17)12(6-7(15)13-8(12)16)14-10(18)20-11(2,3)4/h5-6H2,1-4H3,(H,14,18)(H,13,15,16)/t12-/m0/s1. The van der Waals surface area contributed by atoms with Crippen molar-refractivity contribution in [1.29, 1.82) is 0 Å². The lowest BCUT2D eigenvalue weighted by atomic mass is 9.98. The van der Waals surface area contributed by atoms with Crippen LogP contribution in [0.4, 0.5) is 4.79 Å². The summed E-state index contributed by atoms with van der Waals surface area (Å²) in [6, 6.07) is 0. The summed E-state index contributed by atoms with van der Waals surface area (Å²) in [5.74, 6) is -2.58. The molecule has 0 aromatic carbocycles. The number of alkyl carbamates (subject to hydrolysis) is 1. The highest BCUT2D eigenvalue weighted by atomic mass is 16.6. The molecule has 1 fully saturated rings. The van der Waals surface area contributed by atoms with Gasteiger partial charge in [0.05, 0.1) is 13.0 Å². The molecule has 0 aromatic rings. The zero-order chi connectivity index (χ0) is 15.6. The van der Waals surface area contributed by atoms with Crippen molar-refractivity contribution in [2.45, 2.75) is 45.3 Å². The fraction of sp³-hybridized carbons (Fsp3) is 0.667. The molecule has 1 aliphatic rings. The van der Waals surface area contributed by atoms with Gasteiger partial charge in [-0.25, -0.2) is 9.59 Å². The average molecular weight is 286 g/mol. The molecule has 1 aliphatic heterocycles. The summed E-state index contributed by atoms with van der Waals surface area (Å²) in [4.78, 5) is 46.8. The van der Waals surface area contributed by atoms with Crippen LogP contribution in [0.25, 0.3) is 0 Å². The predicted molar refractivity (Wildman–Crippen MR) is 66.5 cm³/mol. The summed E-state index contributed by atoms with van der Waals surface area (Å²) >= 11 is 0. The van der Waals surface area contributed by atoms with Crippen molar-refractivity contribution in [1.82, 2.24) is 10.6 Å². The Kier molecular flexibility index (Phi) is 4.36. The van der Waals surface area contributed by atoms with Crippen molar-refractivity contribution in [3.05, 3.63) is 0 Å². The van der Waals surface area contributed by atoms with Crippen molar-refractivity contribution >= 4 is 23.9 Å². The average Bonchev–Trinajstić information content (AvgIpc) is 2.52. The molecule has 1 atom stereocenters. The molecule has 0 spiro atoms. The monoisotopic (exact) mass is 286 g/mol. The quantitative estimate of drug-likeness (QED) is 0.424. The van der Waals surface area contributed by atoms with Gasteiger partial charge in [-0.1, -0.05) is 0 Å². The first-order valence-corrected chi connectivity index (χ1v) is 6.13. The molecule has 20 heavy (non-hydrogen) atoms. The summed E-state index contributed by atoms with van der Waals surface area (Å²) in [7, 11) is 0. The van der Waals surface area contributed by atoms with Crippen LogP contribution in [0.15, 0.2) is 0 Å². The molecule has 8 nitrogen and oxygen atoms in total. The Morgan fingerprint density at radius 3 is 2.35 bits per heavy atom. The predicted octanol–water partition coefficient (Wildman–Crippen LogP) is -0.141. The van der Waals surface area contributed by atoms with Gasteiger partial charge in [0.2, 0.25) is 11.4 Å². The van der Waals surface area contributed by atoms with E-state index in [0.717, 1.165) is 0 Å². The Bertz CT molecular complexity index is 453. The van der Waals surface area contributed by atoms with Crippen LogP contribution in [-0.4, -0.2) is 41.6 Å². The molecule has 1 saturated heterocycles. The zero-order valence-corrected chi connectivity index (χ0v) is 11.9. The van der Waals surface area contributed by atoms with Crippen LogP contribution in [0.3, 0.4) is 0 Å². The van der Waals surface area contributed by atoms with Gasteiger partial charge in [-0.15, -0.1) is 0 Å². The molecule has 2 N–H and O–H groups in total. The third-order valence-corrected chi connectivity index (χ3v) is 2.40. The minimum atomic E-state index is -2.06. The van der Waals surface area contributed by atoms with Gasteiger partial charge >= 0.3 is 12.1 Å². The summed E-state index contributed by atoms with van der Waals surface area (Å²) in [5.41, 5.74) is -2.87. The molecule has 0 aliphatic carbocycles. The van der Waals surface area contributed by atoms with Crippen LogP contribution in [0.2, 0.25) is 0 Å². The molecule has 0 bridgehead atoms. The Morgan fingerprint density at radius 2 is 1.95 bits per heavy atom. The second-order valence-corrected chi connectivity index (χ2v) is 5.31. The van der Waals surface area contributed by atoms with Gasteiger partial charge in [-0.3, -0.25) is 20.2 Å². The zero-order valence-electron chi connectivity index (χ0n) is 11.9. The van der Waals surface area contributed by atoms with Crippen LogP contribution < -0.4 is 10.6 Å². The summed E-state index contributed by atoms with van der Waals surface area (Å²) in [6.45, 7) is 6.45. The van der Waals surface area contributed by atoms with Gasteiger partial charge in [0, 0.05) is 0 Å². The Labute approximate surface area is 116 Å². The molecule has 0 unspecified atom stereocenters. The van der Waals surface area contributed by atoms with Gasteiger partial charge < -0.3 is 9.47 Å². The van der Waals surface area contributed by atoms with E-state index in [1.165, 1.54) is 0 Å². The summed E-state index contributed by atoms with van der Waals surface area (Å²) in [6.07, 6.45) is -1.49. The van der Waals surface area contributed by atoms with E-state index in [4.69, 9.17) is 9.47 Å². The molecule has 1 heterocycles. The minimum absolute atomic E-state index is 0.0120. The lowest BCUT2D eigenvalue weighted by Gasteiger charge is -2.26. The Morgan fingerprint density at radius 1 is 1.35 bits per heavy atom. The number of carbonyl (C=O) groups is 4. The molecular weight excluding hydrogens is 268 g/mol. The Hall–Kier alpha value is -2.12. The molecule has 0 radical (unpaired) electrons. The van der Waals surface area contributed by atoms with Gasteiger partial charge in [-0.2, -0.15) is 0 Å². The highest BCUT2D eigenvalue weighted by Crippen LogP contribution is 2.20. The van der Waals surface area contributed by atoms with Crippen molar-refractivity contribution in [2.75, 3.05) is 6.61 Å². The first kappa shape index (κ1) is 15.9. The highest BCUT2D eigenvalue weighted by molar-refractivity contribution is 6.21. The van der Waals surface area contributed by atoms with Gasteiger partial charge in [0.15, 0.2) is 0 Å². The van der Waals surface area contributed by atoms with E-state index >= 15 is 0 Å². The molecule has 0 saturated carbocycles. The Balaban J connectivity index is 2.96. The SMILES string of the molecule is CCOC(=O)[C@]1(NC(=O)OC(C)(C)C)CC(=O)NC1=O. The van der Waals surface area contributed by atoms with Crippen LogP contribution in [0.1, 0.15) is 34.1 Å². The number of hydrogen-bond donors (Lipinski definition) is 2. The van der Waals surface area contributed by atoms with E-state index in [1.54, 1.807) is 27.7 Å². The second kappa shape index (κ2) is 5.48. The number of rotatable bonds is 3. The fourth-order valence-electron chi connectivity index (χ4n) is 1.65. The highest BCUT2D eigenvalue weighted by Gasteiger charge is 2.56. The van der Waals surface area contributed by atoms with Crippen LogP contribution >= 0.6 is 0 Å². The number of imide groups is 1. The van der Waals surface area contributed by atoms with E-state index in [9.17, 15) is 19.2 Å². The minimum Gasteiger partial charge on any atom is -0.464 e. The van der Waals surface area contributed by atoms with E-state index in [0.29, 0.717) is 0 Å². The molecule has 8 heteroatoms. The molecule has 1 rings (SSSR count). The first-order valence-electron chi connectivity index (χ1n) is 6.13. The number of nitrogens with one attached hydrogen (secondary N) is 2. The topological polar surface area (TPSA) is 111 Å². The smallest absolute Gasteiger partial charge is 0.408 e. The van der Waals surface area contributed by atoms with Crippen molar-refractivity contribution in [3.63, 3.8) is 0 Å². The van der Waals surface area contributed by atoms with Crippen LogP contribution in [0.5, 0.6) is 0 Å². The van der Waals surface area contributed by atoms with Crippen molar-refractivity contribution in [2.24, 2.45) is 0 Å². The molecule has 112 valence electrons. The van der Waals surface area contributed by atoms with E-state index in [2.05, 4.69) is 5.32 Å². The number of esters is 1. The van der Waals surface area contributed by atoms with Gasteiger partial charge in [0.25, 0.3) is 5.91 Å². The van der Waals surface area contributed by atoms with E-state index < -0.39 is 41.4 Å². The number of carbonyl (C=O) groups excluding carboxylic acids is 4. The number of ether oxygens (including phenoxy) is 2. The maximum Gasteiger partial charge on any atom is 0.408 e. The second-order valence-electron chi connectivity index (χ2n) is 5.31. The molecular formula is C12H18N2O6. The third-order valence-electron chi connectivity index (χ3n) is 2.40.